The lowest BCUT2D eigenvalue weighted by molar-refractivity contribution is -0.137. The Labute approximate surface area is 126 Å². The highest BCUT2D eigenvalue weighted by Crippen LogP contribution is 2.32. The molecule has 3 atom stereocenters. The topological polar surface area (TPSA) is 61.4 Å². The first-order valence-electron chi connectivity index (χ1n) is 8.44. The van der Waals surface area contributed by atoms with Crippen molar-refractivity contribution in [1.29, 1.82) is 0 Å². The van der Waals surface area contributed by atoms with Gasteiger partial charge in [-0.15, -0.1) is 0 Å². The normalized spacial score (nSPS) is 32.1. The standard InChI is InChI=1S/C16H27N3O2/c1-19(10-15(20)17-12-7-8-12)16(21)14-9-6-11-4-2-3-5-13(11)18-14/h11-14,18H,2-10H2,1H3,(H,17,20). The average molecular weight is 293 g/mol. The molecule has 0 spiro atoms. The Balaban J connectivity index is 1.48. The van der Waals surface area contributed by atoms with Crippen molar-refractivity contribution in [1.82, 2.24) is 15.5 Å². The van der Waals surface area contributed by atoms with Gasteiger partial charge in [-0.2, -0.15) is 0 Å². The number of hydrogen-bond acceptors (Lipinski definition) is 3. The predicted molar refractivity (Wildman–Crippen MR) is 80.7 cm³/mol. The Morgan fingerprint density at radius 2 is 1.86 bits per heavy atom. The van der Waals surface area contributed by atoms with Crippen LogP contribution in [0.2, 0.25) is 0 Å². The summed E-state index contributed by atoms with van der Waals surface area (Å²) in [6.45, 7) is 0.182. The monoisotopic (exact) mass is 293 g/mol. The van der Waals surface area contributed by atoms with Crippen molar-refractivity contribution < 1.29 is 9.59 Å². The first-order valence-corrected chi connectivity index (χ1v) is 8.44. The Morgan fingerprint density at radius 1 is 1.10 bits per heavy atom. The highest BCUT2D eigenvalue weighted by Gasteiger charge is 2.35. The highest BCUT2D eigenvalue weighted by atomic mass is 16.2. The van der Waals surface area contributed by atoms with Crippen molar-refractivity contribution in [3.63, 3.8) is 0 Å². The molecule has 2 saturated carbocycles. The molecule has 0 aromatic carbocycles. The Kier molecular flexibility index (Phi) is 4.48. The van der Waals surface area contributed by atoms with Gasteiger partial charge in [-0.25, -0.2) is 0 Å². The zero-order valence-corrected chi connectivity index (χ0v) is 12.9. The second kappa shape index (κ2) is 6.34. The van der Waals surface area contributed by atoms with Crippen LogP contribution in [0.4, 0.5) is 0 Å². The molecule has 2 N–H and O–H groups in total. The number of carbonyl (C=O) groups excluding carboxylic acids is 2. The van der Waals surface area contributed by atoms with Crippen LogP contribution in [-0.4, -0.2) is 48.4 Å². The number of nitrogens with one attached hydrogen (secondary N) is 2. The van der Waals surface area contributed by atoms with Crippen molar-refractivity contribution in [2.24, 2.45) is 5.92 Å². The lowest BCUT2D eigenvalue weighted by Crippen LogP contribution is -2.56. The quantitative estimate of drug-likeness (QED) is 0.814. The molecule has 5 nitrogen and oxygen atoms in total. The minimum atomic E-state index is -0.0944. The molecule has 0 radical (unpaired) electrons. The summed E-state index contributed by atoms with van der Waals surface area (Å²) in [7, 11) is 1.74. The summed E-state index contributed by atoms with van der Waals surface area (Å²) in [5, 5.41) is 6.47. The number of carbonyl (C=O) groups is 2. The molecule has 2 aliphatic carbocycles. The van der Waals surface area contributed by atoms with Crippen molar-refractivity contribution >= 4 is 11.8 Å². The Bertz CT molecular complexity index is 408. The lowest BCUT2D eigenvalue weighted by Gasteiger charge is -2.40. The molecule has 0 aromatic heterocycles. The molecule has 1 heterocycles. The molecule has 118 valence electrons. The molecule has 3 unspecified atom stereocenters. The van der Waals surface area contributed by atoms with Gasteiger partial charge in [0.2, 0.25) is 11.8 Å². The molecule has 1 aliphatic heterocycles. The maximum Gasteiger partial charge on any atom is 0.239 e. The summed E-state index contributed by atoms with van der Waals surface area (Å²) in [5.41, 5.74) is 0. The highest BCUT2D eigenvalue weighted by molar-refractivity contribution is 5.87. The fraction of sp³-hybridized carbons (Fsp3) is 0.875. The zero-order valence-electron chi connectivity index (χ0n) is 12.9. The molecule has 0 bridgehead atoms. The largest absolute Gasteiger partial charge is 0.352 e. The second-order valence-corrected chi connectivity index (χ2v) is 6.98. The Morgan fingerprint density at radius 3 is 2.62 bits per heavy atom. The van der Waals surface area contributed by atoms with Gasteiger partial charge in [0.25, 0.3) is 0 Å². The van der Waals surface area contributed by atoms with Crippen LogP contribution in [0.3, 0.4) is 0 Å². The maximum atomic E-state index is 12.5. The van der Waals surface area contributed by atoms with E-state index in [1.807, 2.05) is 0 Å². The molecule has 3 fully saturated rings. The number of nitrogens with zero attached hydrogens (tertiary/aromatic N) is 1. The SMILES string of the molecule is CN(CC(=O)NC1CC1)C(=O)C1CCC2CCCCC2N1. The van der Waals surface area contributed by atoms with E-state index in [0.29, 0.717) is 12.1 Å². The van der Waals surface area contributed by atoms with E-state index in [2.05, 4.69) is 10.6 Å². The minimum absolute atomic E-state index is 0.0281. The van der Waals surface area contributed by atoms with E-state index in [1.54, 1.807) is 11.9 Å². The summed E-state index contributed by atoms with van der Waals surface area (Å²) < 4.78 is 0. The van der Waals surface area contributed by atoms with E-state index < -0.39 is 0 Å². The molecule has 0 aromatic rings. The fourth-order valence-electron chi connectivity index (χ4n) is 3.75. The summed E-state index contributed by atoms with van der Waals surface area (Å²) in [6.07, 6.45) is 9.33. The van der Waals surface area contributed by atoms with E-state index in [0.717, 1.165) is 31.6 Å². The molecule has 3 aliphatic rings. The maximum absolute atomic E-state index is 12.5. The number of hydrogen-bond donors (Lipinski definition) is 2. The van der Waals surface area contributed by atoms with E-state index in [9.17, 15) is 9.59 Å². The van der Waals surface area contributed by atoms with Gasteiger partial charge in [0.05, 0.1) is 12.6 Å². The predicted octanol–water partition coefficient (Wildman–Crippen LogP) is 1.03. The average Bonchev–Trinajstić information content (AvgIpc) is 3.29. The molecule has 2 amide bonds. The van der Waals surface area contributed by atoms with E-state index in [-0.39, 0.29) is 24.4 Å². The lowest BCUT2D eigenvalue weighted by atomic mass is 9.77. The third-order valence-electron chi connectivity index (χ3n) is 5.15. The van der Waals surface area contributed by atoms with Crippen LogP contribution in [0.25, 0.3) is 0 Å². The van der Waals surface area contributed by atoms with Crippen molar-refractivity contribution in [3.05, 3.63) is 0 Å². The van der Waals surface area contributed by atoms with Crippen LogP contribution in [0.1, 0.15) is 51.4 Å². The van der Waals surface area contributed by atoms with E-state index >= 15 is 0 Å². The third kappa shape index (κ3) is 3.76. The van der Waals surface area contributed by atoms with Gasteiger partial charge in [-0.1, -0.05) is 12.8 Å². The number of rotatable bonds is 4. The summed E-state index contributed by atoms with van der Waals surface area (Å²) >= 11 is 0. The van der Waals surface area contributed by atoms with Crippen LogP contribution < -0.4 is 10.6 Å². The van der Waals surface area contributed by atoms with Gasteiger partial charge in [-0.3, -0.25) is 9.59 Å². The van der Waals surface area contributed by atoms with Gasteiger partial charge in [0, 0.05) is 19.1 Å². The number of amides is 2. The summed E-state index contributed by atoms with van der Waals surface area (Å²) in [4.78, 5) is 25.9. The first kappa shape index (κ1) is 14.8. The molecule has 3 rings (SSSR count). The molecule has 1 saturated heterocycles. The fourth-order valence-corrected chi connectivity index (χ4v) is 3.75. The van der Waals surface area contributed by atoms with Crippen LogP contribution in [0, 0.1) is 5.92 Å². The van der Waals surface area contributed by atoms with Crippen molar-refractivity contribution in [2.75, 3.05) is 13.6 Å². The van der Waals surface area contributed by atoms with Crippen LogP contribution in [0.15, 0.2) is 0 Å². The zero-order chi connectivity index (χ0) is 14.8. The van der Waals surface area contributed by atoms with Crippen molar-refractivity contribution in [3.8, 4) is 0 Å². The molecule has 5 heteroatoms. The number of piperidine rings is 1. The Hall–Kier alpha value is -1.10. The third-order valence-corrected chi connectivity index (χ3v) is 5.15. The van der Waals surface area contributed by atoms with E-state index in [4.69, 9.17) is 0 Å². The first-order chi connectivity index (χ1) is 10.1. The van der Waals surface area contributed by atoms with Gasteiger partial charge in [-0.05, 0) is 44.4 Å². The molecular weight excluding hydrogens is 266 g/mol. The van der Waals surface area contributed by atoms with Crippen molar-refractivity contribution in [2.45, 2.75) is 69.5 Å². The molecular formula is C16H27N3O2. The van der Waals surface area contributed by atoms with Gasteiger partial charge >= 0.3 is 0 Å². The van der Waals surface area contributed by atoms with Crippen LogP contribution >= 0.6 is 0 Å². The van der Waals surface area contributed by atoms with Crippen LogP contribution in [0.5, 0.6) is 0 Å². The number of likely N-dealkylation sites (N-methyl/N-ethyl adjacent to an activating group) is 1. The second-order valence-electron chi connectivity index (χ2n) is 6.98. The molecule has 21 heavy (non-hydrogen) atoms. The smallest absolute Gasteiger partial charge is 0.239 e. The van der Waals surface area contributed by atoms with Crippen LogP contribution in [-0.2, 0) is 9.59 Å². The van der Waals surface area contributed by atoms with Gasteiger partial charge in [0.15, 0.2) is 0 Å². The van der Waals surface area contributed by atoms with E-state index in [1.165, 1.54) is 25.7 Å². The summed E-state index contributed by atoms with van der Waals surface area (Å²) in [6, 6.07) is 0.773. The van der Waals surface area contributed by atoms with Gasteiger partial charge in [0.1, 0.15) is 0 Å². The minimum Gasteiger partial charge on any atom is -0.352 e. The number of fused-ring (bicyclic) bond motifs is 1. The van der Waals surface area contributed by atoms with Gasteiger partial charge < -0.3 is 15.5 Å². The summed E-state index contributed by atoms with van der Waals surface area (Å²) in [5.74, 6) is 0.802.